The lowest BCUT2D eigenvalue weighted by Gasteiger charge is -2.27. The molecule has 25 heavy (non-hydrogen) atoms. The minimum absolute atomic E-state index is 0.138. The number of hydrogen-bond donors (Lipinski definition) is 1. The van der Waals surface area contributed by atoms with E-state index in [0.29, 0.717) is 30.7 Å². The fraction of sp³-hybridized carbons (Fsp3) is 0.769. The summed E-state index contributed by atoms with van der Waals surface area (Å²) in [5.41, 5.74) is 5.24. The summed E-state index contributed by atoms with van der Waals surface area (Å²) in [6, 6.07) is -2.09. The number of carbonyl (C=O) groups is 3. The molecule has 140 valence electrons. The van der Waals surface area contributed by atoms with E-state index < -0.39 is 47.2 Å². The number of ether oxygens (including phenoxy) is 1. The van der Waals surface area contributed by atoms with Crippen LogP contribution in [-0.4, -0.2) is 61.7 Å². The second-order valence-corrected chi connectivity index (χ2v) is 7.42. The molecule has 3 rings (SSSR count). The maximum absolute atomic E-state index is 12.2. The summed E-state index contributed by atoms with van der Waals surface area (Å²) < 4.78 is 37.5. The van der Waals surface area contributed by atoms with Gasteiger partial charge in [0.15, 0.2) is 0 Å². The zero-order valence-electron chi connectivity index (χ0n) is 13.3. The Morgan fingerprint density at radius 1 is 1.20 bits per heavy atom. The molecule has 3 aliphatic rings. The first-order chi connectivity index (χ1) is 11.8. The highest BCUT2D eigenvalue weighted by molar-refractivity contribution is 7.81. The van der Waals surface area contributed by atoms with Crippen LogP contribution >= 0.6 is 0 Å². The number of nitrogens with zero attached hydrogens (tertiary/aromatic N) is 2. The number of rotatable bonds is 7. The SMILES string of the molecule is NC(=O)[C@@H]1CC[C@@H]2CN1C(=O)N2OS(=O)(=O)OCOC(=O)C1CCC1. The number of nitrogens with two attached hydrogens (primary N) is 1. The average molecular weight is 377 g/mol. The van der Waals surface area contributed by atoms with Crippen molar-refractivity contribution in [2.45, 2.75) is 44.2 Å². The van der Waals surface area contributed by atoms with Gasteiger partial charge in [0.1, 0.15) is 6.04 Å². The first kappa shape index (κ1) is 17.9. The van der Waals surface area contributed by atoms with E-state index in [1.54, 1.807) is 0 Å². The number of urea groups is 1. The van der Waals surface area contributed by atoms with Crippen molar-refractivity contribution in [2.75, 3.05) is 13.3 Å². The van der Waals surface area contributed by atoms with Crippen LogP contribution in [0, 0.1) is 5.92 Å². The lowest BCUT2D eigenvalue weighted by molar-refractivity contribution is -0.158. The van der Waals surface area contributed by atoms with Gasteiger partial charge in [-0.25, -0.2) is 8.98 Å². The van der Waals surface area contributed by atoms with Gasteiger partial charge in [-0.2, -0.15) is 13.5 Å². The Balaban J connectivity index is 1.53. The van der Waals surface area contributed by atoms with Crippen LogP contribution in [0.4, 0.5) is 4.79 Å². The summed E-state index contributed by atoms with van der Waals surface area (Å²) >= 11 is 0. The highest BCUT2D eigenvalue weighted by Gasteiger charge is 2.49. The van der Waals surface area contributed by atoms with Gasteiger partial charge >= 0.3 is 22.4 Å². The predicted molar refractivity (Wildman–Crippen MR) is 79.3 cm³/mol. The van der Waals surface area contributed by atoms with Crippen molar-refractivity contribution in [3.05, 3.63) is 0 Å². The monoisotopic (exact) mass is 377 g/mol. The van der Waals surface area contributed by atoms with Crippen LogP contribution in [0.2, 0.25) is 0 Å². The minimum atomic E-state index is -4.60. The molecule has 2 atom stereocenters. The number of piperidine rings is 1. The Morgan fingerprint density at radius 2 is 1.92 bits per heavy atom. The third-order valence-electron chi connectivity index (χ3n) is 4.66. The second kappa shape index (κ2) is 6.77. The Hall–Kier alpha value is -1.92. The van der Waals surface area contributed by atoms with E-state index >= 15 is 0 Å². The van der Waals surface area contributed by atoms with E-state index in [9.17, 15) is 22.8 Å². The van der Waals surface area contributed by atoms with Gasteiger partial charge in [0, 0.05) is 6.54 Å². The lowest BCUT2D eigenvalue weighted by atomic mass is 9.86. The Labute approximate surface area is 144 Å². The van der Waals surface area contributed by atoms with Gasteiger partial charge in [-0.05, 0) is 25.7 Å². The van der Waals surface area contributed by atoms with Crippen molar-refractivity contribution in [3.8, 4) is 0 Å². The third kappa shape index (κ3) is 3.70. The molecule has 2 aliphatic heterocycles. The number of hydroxylamine groups is 2. The number of esters is 1. The molecule has 0 spiro atoms. The summed E-state index contributed by atoms with van der Waals surface area (Å²) in [7, 11) is -4.60. The predicted octanol–water partition coefficient (Wildman–Crippen LogP) is -0.766. The van der Waals surface area contributed by atoms with E-state index in [2.05, 4.69) is 8.47 Å². The van der Waals surface area contributed by atoms with E-state index in [0.717, 1.165) is 6.42 Å². The number of amides is 3. The maximum atomic E-state index is 12.2. The first-order valence-electron chi connectivity index (χ1n) is 7.93. The molecule has 2 bridgehead atoms. The number of hydrogen-bond acceptors (Lipinski definition) is 8. The topological polar surface area (TPSA) is 146 Å². The molecule has 0 aromatic carbocycles. The molecule has 3 fully saturated rings. The lowest BCUT2D eigenvalue weighted by Crippen LogP contribution is -2.47. The molecule has 11 nitrogen and oxygen atoms in total. The van der Waals surface area contributed by atoms with E-state index in [1.807, 2.05) is 0 Å². The van der Waals surface area contributed by atoms with Crippen molar-refractivity contribution < 1.29 is 36.0 Å². The highest BCUT2D eigenvalue weighted by Crippen LogP contribution is 2.31. The molecule has 0 aromatic rings. The van der Waals surface area contributed by atoms with Crippen molar-refractivity contribution >= 4 is 28.3 Å². The summed E-state index contributed by atoms with van der Waals surface area (Å²) in [6.45, 7) is -0.684. The van der Waals surface area contributed by atoms with Crippen LogP contribution in [-0.2, 0) is 33.2 Å². The number of primary amides is 1. The van der Waals surface area contributed by atoms with Gasteiger partial charge in [-0.1, -0.05) is 6.42 Å². The van der Waals surface area contributed by atoms with Crippen molar-refractivity contribution in [3.63, 3.8) is 0 Å². The quantitative estimate of drug-likeness (QED) is 0.450. The van der Waals surface area contributed by atoms with Crippen molar-refractivity contribution in [2.24, 2.45) is 11.7 Å². The molecule has 0 aromatic heterocycles. The van der Waals surface area contributed by atoms with Gasteiger partial charge < -0.3 is 15.4 Å². The van der Waals surface area contributed by atoms with Crippen molar-refractivity contribution in [1.82, 2.24) is 9.96 Å². The second-order valence-electron chi connectivity index (χ2n) is 6.22. The molecular formula is C13H19N3O8S. The molecule has 3 amide bonds. The molecule has 2 saturated heterocycles. The van der Waals surface area contributed by atoms with Gasteiger partial charge in [0.25, 0.3) is 0 Å². The molecule has 2 heterocycles. The van der Waals surface area contributed by atoms with E-state index in [1.165, 1.54) is 4.90 Å². The van der Waals surface area contributed by atoms with Gasteiger partial charge in [-0.15, -0.1) is 4.28 Å². The zero-order valence-corrected chi connectivity index (χ0v) is 14.1. The fourth-order valence-corrected chi connectivity index (χ4v) is 3.64. The van der Waals surface area contributed by atoms with Crippen LogP contribution in [0.15, 0.2) is 0 Å². The number of carbonyl (C=O) groups excluding carboxylic acids is 3. The Kier molecular flexibility index (Phi) is 4.84. The number of fused-ring (bicyclic) bond motifs is 2. The molecule has 0 radical (unpaired) electrons. The molecule has 0 unspecified atom stereocenters. The van der Waals surface area contributed by atoms with E-state index in [4.69, 9.17) is 10.5 Å². The fourth-order valence-electron chi connectivity index (χ4n) is 3.05. The van der Waals surface area contributed by atoms with Crippen LogP contribution in [0.1, 0.15) is 32.1 Å². The van der Waals surface area contributed by atoms with Crippen LogP contribution in [0.5, 0.6) is 0 Å². The third-order valence-corrected chi connectivity index (χ3v) is 5.38. The summed E-state index contributed by atoms with van der Waals surface area (Å²) in [6.07, 6.45) is 3.04. The molecule has 1 aliphatic carbocycles. The largest absolute Gasteiger partial charge is 0.437 e. The molecule has 2 N–H and O–H groups in total. The normalized spacial score (nSPS) is 26.5. The van der Waals surface area contributed by atoms with Gasteiger partial charge in [0.05, 0.1) is 12.0 Å². The summed E-state index contributed by atoms with van der Waals surface area (Å²) in [4.78, 5) is 36.2. The van der Waals surface area contributed by atoms with Crippen molar-refractivity contribution in [1.29, 1.82) is 0 Å². The first-order valence-corrected chi connectivity index (χ1v) is 9.26. The smallest absolute Gasteiger partial charge is 0.424 e. The molecule has 12 heteroatoms. The highest BCUT2D eigenvalue weighted by atomic mass is 32.3. The molecule has 1 saturated carbocycles. The summed E-state index contributed by atoms with van der Waals surface area (Å²) in [5.74, 6) is -1.40. The van der Waals surface area contributed by atoms with Crippen LogP contribution < -0.4 is 5.73 Å². The molecular weight excluding hydrogens is 358 g/mol. The maximum Gasteiger partial charge on any atom is 0.424 e. The van der Waals surface area contributed by atoms with Crippen LogP contribution in [0.3, 0.4) is 0 Å². The Morgan fingerprint density at radius 3 is 2.52 bits per heavy atom. The van der Waals surface area contributed by atoms with Crippen LogP contribution in [0.25, 0.3) is 0 Å². The minimum Gasteiger partial charge on any atom is -0.437 e. The van der Waals surface area contributed by atoms with Gasteiger partial charge in [0.2, 0.25) is 12.7 Å². The Bertz CT molecular complexity index is 677. The van der Waals surface area contributed by atoms with Gasteiger partial charge in [-0.3, -0.25) is 9.59 Å². The standard InChI is InChI=1S/C13H19N3O8S/c14-11(17)10-5-4-9-6-15(10)13(19)16(9)24-25(20,21)23-7-22-12(18)8-2-1-3-8/h8-10H,1-7H2,(H2,14,17)/t9-,10+/m1/s1. The average Bonchev–Trinajstić information content (AvgIpc) is 2.69. The zero-order chi connectivity index (χ0) is 18.2. The van der Waals surface area contributed by atoms with E-state index in [-0.39, 0.29) is 12.5 Å². The summed E-state index contributed by atoms with van der Waals surface area (Å²) in [5, 5.41) is 0.659.